The minimum absolute atomic E-state index is 0.0487. The summed E-state index contributed by atoms with van der Waals surface area (Å²) in [5.41, 5.74) is 1.86. The molecule has 2 N–H and O–H groups in total. The highest BCUT2D eigenvalue weighted by Gasteiger charge is 2.27. The van der Waals surface area contributed by atoms with Crippen LogP contribution in [-0.4, -0.2) is 43.8 Å². The normalized spacial score (nSPS) is 16.3. The second kappa shape index (κ2) is 7.65. The predicted octanol–water partition coefficient (Wildman–Crippen LogP) is 2.82. The number of benzene rings is 1. The quantitative estimate of drug-likeness (QED) is 0.747. The Balaban J connectivity index is 1.45. The summed E-state index contributed by atoms with van der Waals surface area (Å²) in [7, 11) is 1.88. The summed E-state index contributed by atoms with van der Waals surface area (Å²) in [5.74, 6) is 1.41. The molecule has 1 aromatic carbocycles. The van der Waals surface area contributed by atoms with Crippen molar-refractivity contribution in [3.63, 3.8) is 0 Å². The molecule has 1 atom stereocenters. The van der Waals surface area contributed by atoms with Crippen LogP contribution in [0.4, 0.5) is 4.79 Å². The Morgan fingerprint density at radius 3 is 2.63 bits per heavy atom. The molecule has 1 aliphatic heterocycles. The molecule has 0 aliphatic carbocycles. The van der Waals surface area contributed by atoms with Crippen LogP contribution in [0.1, 0.15) is 41.9 Å². The molecule has 0 spiro atoms. The largest absolute Gasteiger partial charge is 0.348 e. The van der Waals surface area contributed by atoms with E-state index in [-0.39, 0.29) is 12.1 Å². The number of piperidine rings is 1. The Bertz CT molecular complexity index is 865. The second-order valence-corrected chi connectivity index (χ2v) is 6.94. The van der Waals surface area contributed by atoms with Crippen LogP contribution in [0, 0.1) is 0 Å². The third-order valence-electron chi connectivity index (χ3n) is 5.12. The topological polar surface area (TPSA) is 78.8 Å². The van der Waals surface area contributed by atoms with Crippen LogP contribution < -0.4 is 5.32 Å². The highest BCUT2D eigenvalue weighted by Crippen LogP contribution is 2.26. The molecule has 1 saturated heterocycles. The smallest absolute Gasteiger partial charge is 0.318 e. The molecule has 0 bridgehead atoms. The zero-order chi connectivity index (χ0) is 18.6. The molecule has 1 unspecified atom stereocenters. The minimum Gasteiger partial charge on any atom is -0.348 e. The number of aromatic nitrogens is 4. The van der Waals surface area contributed by atoms with Gasteiger partial charge in [-0.05, 0) is 24.5 Å². The predicted molar refractivity (Wildman–Crippen MR) is 102 cm³/mol. The van der Waals surface area contributed by atoms with Crippen LogP contribution in [0.5, 0.6) is 0 Å². The molecule has 4 rings (SSSR count). The van der Waals surface area contributed by atoms with Crippen molar-refractivity contribution < 1.29 is 4.79 Å². The minimum atomic E-state index is -0.261. The fraction of sp³-hybridized carbons (Fsp3) is 0.350. The first-order chi connectivity index (χ1) is 13.2. The van der Waals surface area contributed by atoms with Gasteiger partial charge < -0.3 is 15.2 Å². The van der Waals surface area contributed by atoms with Gasteiger partial charge in [-0.2, -0.15) is 5.10 Å². The fourth-order valence-electron chi connectivity index (χ4n) is 3.63. The summed E-state index contributed by atoms with van der Waals surface area (Å²) in [6.45, 7) is 1.45. The van der Waals surface area contributed by atoms with Crippen molar-refractivity contribution in [1.29, 1.82) is 0 Å². The number of aromatic amines is 1. The molecule has 1 aliphatic rings. The van der Waals surface area contributed by atoms with Crippen molar-refractivity contribution in [2.75, 3.05) is 13.1 Å². The number of aryl methyl sites for hydroxylation is 1. The van der Waals surface area contributed by atoms with Gasteiger partial charge in [0, 0.05) is 44.6 Å². The molecule has 3 aromatic rings. The SMILES string of the molecule is Cn1ccc(C(NC(=O)N2CCC(c3ncc[nH]3)CC2)c2ccccc2)n1. The average Bonchev–Trinajstić information content (AvgIpc) is 3.39. The first-order valence-corrected chi connectivity index (χ1v) is 9.30. The Morgan fingerprint density at radius 1 is 1.22 bits per heavy atom. The zero-order valence-electron chi connectivity index (χ0n) is 15.4. The summed E-state index contributed by atoms with van der Waals surface area (Å²) >= 11 is 0. The summed E-state index contributed by atoms with van der Waals surface area (Å²) < 4.78 is 1.76. The van der Waals surface area contributed by atoms with E-state index in [9.17, 15) is 4.79 Å². The number of rotatable bonds is 4. The first-order valence-electron chi connectivity index (χ1n) is 9.30. The van der Waals surface area contributed by atoms with Crippen molar-refractivity contribution in [2.24, 2.45) is 7.05 Å². The lowest BCUT2D eigenvalue weighted by Gasteiger charge is -2.32. The summed E-state index contributed by atoms with van der Waals surface area (Å²) in [4.78, 5) is 22.3. The maximum Gasteiger partial charge on any atom is 0.318 e. The molecule has 140 valence electrons. The van der Waals surface area contributed by atoms with Crippen LogP contribution in [-0.2, 0) is 7.05 Å². The lowest BCUT2D eigenvalue weighted by molar-refractivity contribution is 0.178. The van der Waals surface area contributed by atoms with E-state index in [1.54, 1.807) is 10.9 Å². The van der Waals surface area contributed by atoms with E-state index in [1.165, 1.54) is 0 Å². The highest BCUT2D eigenvalue weighted by molar-refractivity contribution is 5.75. The zero-order valence-corrected chi connectivity index (χ0v) is 15.4. The van der Waals surface area contributed by atoms with E-state index in [0.29, 0.717) is 5.92 Å². The summed E-state index contributed by atoms with van der Waals surface area (Å²) in [6, 6.07) is 11.6. The van der Waals surface area contributed by atoms with Crippen molar-refractivity contribution in [3.05, 3.63) is 72.1 Å². The molecule has 2 amide bonds. The van der Waals surface area contributed by atoms with E-state index in [1.807, 2.05) is 60.7 Å². The second-order valence-electron chi connectivity index (χ2n) is 6.94. The maximum absolute atomic E-state index is 12.9. The van der Waals surface area contributed by atoms with Crippen molar-refractivity contribution in [2.45, 2.75) is 24.8 Å². The van der Waals surface area contributed by atoms with Gasteiger partial charge in [0.1, 0.15) is 11.9 Å². The monoisotopic (exact) mass is 364 g/mol. The van der Waals surface area contributed by atoms with Gasteiger partial charge in [-0.25, -0.2) is 9.78 Å². The molecular weight excluding hydrogens is 340 g/mol. The van der Waals surface area contributed by atoms with Gasteiger partial charge in [0.15, 0.2) is 0 Å². The lowest BCUT2D eigenvalue weighted by atomic mass is 9.96. The van der Waals surface area contributed by atoms with E-state index in [0.717, 1.165) is 43.0 Å². The van der Waals surface area contributed by atoms with Crippen molar-refractivity contribution >= 4 is 6.03 Å². The van der Waals surface area contributed by atoms with Gasteiger partial charge in [-0.3, -0.25) is 4.68 Å². The first kappa shape index (κ1) is 17.3. The lowest BCUT2D eigenvalue weighted by Crippen LogP contribution is -2.45. The third-order valence-corrected chi connectivity index (χ3v) is 5.12. The molecule has 0 radical (unpaired) electrons. The van der Waals surface area contributed by atoms with E-state index < -0.39 is 0 Å². The molecule has 27 heavy (non-hydrogen) atoms. The molecule has 1 fully saturated rings. The van der Waals surface area contributed by atoms with Crippen molar-refractivity contribution in [1.82, 2.24) is 30.0 Å². The third kappa shape index (κ3) is 3.86. The number of nitrogens with one attached hydrogen (secondary N) is 2. The molecule has 2 aromatic heterocycles. The number of amides is 2. The van der Waals surface area contributed by atoms with Crippen LogP contribution in [0.15, 0.2) is 55.0 Å². The number of carbonyl (C=O) groups excluding carboxylic acids is 1. The summed E-state index contributed by atoms with van der Waals surface area (Å²) in [6.07, 6.45) is 7.37. The molecule has 0 saturated carbocycles. The van der Waals surface area contributed by atoms with Gasteiger partial charge in [0.05, 0.1) is 5.69 Å². The van der Waals surface area contributed by atoms with Crippen LogP contribution in [0.2, 0.25) is 0 Å². The van der Waals surface area contributed by atoms with Gasteiger partial charge in [0.25, 0.3) is 0 Å². The number of hydrogen-bond donors (Lipinski definition) is 2. The Labute approximate surface area is 158 Å². The van der Waals surface area contributed by atoms with Crippen molar-refractivity contribution in [3.8, 4) is 0 Å². The molecule has 7 nitrogen and oxygen atoms in total. The number of likely N-dealkylation sites (tertiary alicyclic amines) is 1. The molecular formula is C20H24N6O. The number of nitrogens with zero attached hydrogens (tertiary/aromatic N) is 4. The highest BCUT2D eigenvalue weighted by atomic mass is 16.2. The number of H-pyrrole nitrogens is 1. The van der Waals surface area contributed by atoms with Crippen LogP contribution >= 0.6 is 0 Å². The average molecular weight is 364 g/mol. The van der Waals surface area contributed by atoms with Crippen LogP contribution in [0.3, 0.4) is 0 Å². The number of urea groups is 1. The Kier molecular flexibility index (Phi) is 4.91. The van der Waals surface area contributed by atoms with Gasteiger partial charge in [0.2, 0.25) is 0 Å². The Hall–Kier alpha value is -3.09. The summed E-state index contributed by atoms with van der Waals surface area (Å²) in [5, 5.41) is 7.67. The maximum atomic E-state index is 12.9. The fourth-order valence-corrected chi connectivity index (χ4v) is 3.63. The van der Waals surface area contributed by atoms with Crippen LogP contribution in [0.25, 0.3) is 0 Å². The van der Waals surface area contributed by atoms with Gasteiger partial charge in [-0.1, -0.05) is 30.3 Å². The Morgan fingerprint density at radius 2 is 2.00 bits per heavy atom. The van der Waals surface area contributed by atoms with E-state index in [2.05, 4.69) is 20.4 Å². The van der Waals surface area contributed by atoms with E-state index in [4.69, 9.17) is 0 Å². The number of hydrogen-bond acceptors (Lipinski definition) is 3. The van der Waals surface area contributed by atoms with E-state index >= 15 is 0 Å². The standard InChI is InChI=1S/C20H24N6O/c1-25-12-9-17(24-25)18(15-5-3-2-4-6-15)23-20(27)26-13-7-16(8-14-26)19-21-10-11-22-19/h2-6,9-12,16,18H,7-8,13-14H2,1H3,(H,21,22)(H,23,27). The van der Waals surface area contributed by atoms with Gasteiger partial charge >= 0.3 is 6.03 Å². The number of imidazole rings is 1. The molecule has 3 heterocycles. The molecule has 7 heteroatoms. The van der Waals surface area contributed by atoms with Gasteiger partial charge in [-0.15, -0.1) is 0 Å². The number of carbonyl (C=O) groups is 1.